The first-order valence-corrected chi connectivity index (χ1v) is 6.71. The Hall–Kier alpha value is -2.63. The van der Waals surface area contributed by atoms with Gasteiger partial charge in [-0.05, 0) is 31.3 Å². The van der Waals surface area contributed by atoms with Gasteiger partial charge in [0.1, 0.15) is 6.17 Å². The maximum atomic E-state index is 11.8. The lowest BCUT2D eigenvalue weighted by molar-refractivity contribution is 0.302. The molecule has 5 N–H and O–H groups in total. The smallest absolute Gasteiger partial charge is 0.253 e. The molecular weight excluding hydrogens is 266 g/mol. The number of hydrogen-bond acceptors (Lipinski definition) is 5. The van der Waals surface area contributed by atoms with E-state index >= 15 is 0 Å². The van der Waals surface area contributed by atoms with E-state index in [0.717, 1.165) is 11.1 Å². The van der Waals surface area contributed by atoms with Crippen LogP contribution in [0.4, 0.5) is 0 Å². The summed E-state index contributed by atoms with van der Waals surface area (Å²) in [5.41, 5.74) is 13.7. The van der Waals surface area contributed by atoms with Crippen LogP contribution in [0.5, 0.6) is 0 Å². The van der Waals surface area contributed by atoms with Crippen molar-refractivity contribution in [2.24, 2.45) is 18.5 Å². The van der Waals surface area contributed by atoms with Gasteiger partial charge in [-0.15, -0.1) is 0 Å². The van der Waals surface area contributed by atoms with Crippen LogP contribution in [0.3, 0.4) is 0 Å². The summed E-state index contributed by atoms with van der Waals surface area (Å²) in [5.74, 6) is 0. The molecule has 0 radical (unpaired) electrons. The summed E-state index contributed by atoms with van der Waals surface area (Å²) < 4.78 is 1.60. The normalized spacial score (nSPS) is 18.5. The minimum Gasteiger partial charge on any atom is -0.405 e. The average molecular weight is 287 g/mol. The van der Waals surface area contributed by atoms with Crippen LogP contribution in [0.2, 0.25) is 0 Å². The molecule has 0 bridgehead atoms. The molecule has 6 nitrogen and oxygen atoms in total. The summed E-state index contributed by atoms with van der Waals surface area (Å²) in [7, 11) is 1.76. The highest BCUT2D eigenvalue weighted by molar-refractivity contribution is 5.24. The highest BCUT2D eigenvalue weighted by Gasteiger charge is 2.21. The lowest BCUT2D eigenvalue weighted by atomic mass is 10.1. The van der Waals surface area contributed by atoms with Gasteiger partial charge in [0.05, 0.1) is 6.54 Å². The minimum atomic E-state index is -0.0377. The van der Waals surface area contributed by atoms with Gasteiger partial charge in [0.15, 0.2) is 0 Å². The van der Waals surface area contributed by atoms with Crippen molar-refractivity contribution in [2.75, 3.05) is 6.54 Å². The number of nitrogens with one attached hydrogen (secondary N) is 1. The van der Waals surface area contributed by atoms with Gasteiger partial charge in [-0.2, -0.15) is 0 Å². The zero-order valence-corrected chi connectivity index (χ0v) is 12.3. The molecule has 1 atom stereocenters. The van der Waals surface area contributed by atoms with E-state index in [1.165, 1.54) is 6.20 Å². The Labute approximate surface area is 124 Å². The molecule has 1 aliphatic heterocycles. The molecule has 2 rings (SSSR count). The van der Waals surface area contributed by atoms with Crippen LogP contribution in [0.1, 0.15) is 17.3 Å². The van der Waals surface area contributed by atoms with Crippen LogP contribution in [0.15, 0.2) is 53.5 Å². The Kier molecular flexibility index (Phi) is 4.37. The summed E-state index contributed by atoms with van der Waals surface area (Å²) >= 11 is 0. The molecule has 0 aromatic carbocycles. The molecule has 1 aromatic heterocycles. The van der Waals surface area contributed by atoms with Crippen molar-refractivity contribution < 1.29 is 0 Å². The van der Waals surface area contributed by atoms with E-state index in [9.17, 15) is 4.79 Å². The first kappa shape index (κ1) is 14.8. The number of rotatable bonds is 4. The van der Waals surface area contributed by atoms with Crippen molar-refractivity contribution in [2.45, 2.75) is 13.1 Å². The molecule has 0 saturated carbocycles. The first-order valence-electron chi connectivity index (χ1n) is 6.71. The predicted molar refractivity (Wildman–Crippen MR) is 83.7 cm³/mol. The van der Waals surface area contributed by atoms with Crippen LogP contribution in [-0.4, -0.2) is 16.0 Å². The molecule has 0 fully saturated rings. The Morgan fingerprint density at radius 1 is 1.52 bits per heavy atom. The summed E-state index contributed by atoms with van der Waals surface area (Å²) in [6.07, 6.45) is 10.5. The Bertz CT molecular complexity index is 630. The molecule has 2 heterocycles. The van der Waals surface area contributed by atoms with Crippen molar-refractivity contribution in [3.63, 3.8) is 0 Å². The van der Waals surface area contributed by atoms with Gasteiger partial charge in [-0.25, -0.2) is 0 Å². The largest absolute Gasteiger partial charge is 0.405 e. The number of nitrogens with zero attached hydrogens (tertiary/aromatic N) is 2. The van der Waals surface area contributed by atoms with Gasteiger partial charge in [-0.3, -0.25) is 4.79 Å². The Morgan fingerprint density at radius 3 is 2.95 bits per heavy atom. The van der Waals surface area contributed by atoms with Crippen molar-refractivity contribution in [3.8, 4) is 0 Å². The quantitative estimate of drug-likeness (QED) is 0.697. The SMILES string of the molecule is Cc1cc(C2NC=CN2C/C(N)=C/C=C\N)cn(C)c1=O. The predicted octanol–water partition coefficient (Wildman–Crippen LogP) is 0.384. The maximum absolute atomic E-state index is 11.8. The zero-order chi connectivity index (χ0) is 15.4. The van der Waals surface area contributed by atoms with Gasteiger partial charge in [0.2, 0.25) is 0 Å². The van der Waals surface area contributed by atoms with Crippen LogP contribution in [-0.2, 0) is 7.05 Å². The fourth-order valence-electron chi connectivity index (χ4n) is 2.35. The summed E-state index contributed by atoms with van der Waals surface area (Å²) in [6, 6.07) is 1.90. The molecule has 1 unspecified atom stereocenters. The van der Waals surface area contributed by atoms with Crippen LogP contribution < -0.4 is 22.3 Å². The number of allylic oxidation sites excluding steroid dienone is 2. The van der Waals surface area contributed by atoms with E-state index in [2.05, 4.69) is 10.2 Å². The van der Waals surface area contributed by atoms with E-state index in [1.807, 2.05) is 31.6 Å². The second kappa shape index (κ2) is 6.21. The summed E-state index contributed by atoms with van der Waals surface area (Å²) in [5, 5.41) is 3.26. The summed E-state index contributed by atoms with van der Waals surface area (Å²) in [6.45, 7) is 2.39. The van der Waals surface area contributed by atoms with Gasteiger partial charge in [0.25, 0.3) is 5.56 Å². The fourth-order valence-corrected chi connectivity index (χ4v) is 2.35. The molecule has 0 amide bonds. The second-order valence-corrected chi connectivity index (χ2v) is 5.06. The monoisotopic (exact) mass is 287 g/mol. The first-order chi connectivity index (χ1) is 10.0. The van der Waals surface area contributed by atoms with Crippen molar-refractivity contribution in [3.05, 3.63) is 70.2 Å². The van der Waals surface area contributed by atoms with Gasteiger partial charge in [0, 0.05) is 42.5 Å². The average Bonchev–Trinajstić information content (AvgIpc) is 2.90. The number of nitrogens with two attached hydrogens (primary N) is 2. The molecule has 1 aliphatic rings. The Balaban J connectivity index is 2.22. The van der Waals surface area contributed by atoms with Gasteiger partial charge < -0.3 is 26.3 Å². The highest BCUT2D eigenvalue weighted by Crippen LogP contribution is 2.22. The van der Waals surface area contributed by atoms with E-state index in [0.29, 0.717) is 12.2 Å². The minimum absolute atomic E-state index is 0.0174. The molecule has 21 heavy (non-hydrogen) atoms. The third-order valence-electron chi connectivity index (χ3n) is 3.34. The number of aryl methyl sites for hydroxylation is 2. The van der Waals surface area contributed by atoms with Crippen LogP contribution in [0.25, 0.3) is 0 Å². The molecule has 1 aromatic rings. The highest BCUT2D eigenvalue weighted by atomic mass is 16.1. The zero-order valence-electron chi connectivity index (χ0n) is 12.3. The molecule has 112 valence electrons. The van der Waals surface area contributed by atoms with Crippen molar-refractivity contribution in [1.82, 2.24) is 14.8 Å². The van der Waals surface area contributed by atoms with Crippen LogP contribution >= 0.6 is 0 Å². The second-order valence-electron chi connectivity index (χ2n) is 5.06. The van der Waals surface area contributed by atoms with Crippen molar-refractivity contribution >= 4 is 0 Å². The van der Waals surface area contributed by atoms with E-state index in [4.69, 9.17) is 11.5 Å². The van der Waals surface area contributed by atoms with E-state index < -0.39 is 0 Å². The topological polar surface area (TPSA) is 89.3 Å². The number of hydrogen-bond donors (Lipinski definition) is 3. The standard InChI is InChI=1S/C15H21N5O/c1-11-8-12(9-19(2)15(11)21)14-18-6-7-20(14)10-13(17)4-3-5-16/h3-9,14,18H,10,16-17H2,1-2H3/b5-3-,13-4-. The van der Waals surface area contributed by atoms with Gasteiger partial charge in [-0.1, -0.05) is 0 Å². The molecule has 0 aliphatic carbocycles. The van der Waals surface area contributed by atoms with E-state index in [1.54, 1.807) is 23.8 Å². The van der Waals surface area contributed by atoms with E-state index in [-0.39, 0.29) is 11.7 Å². The summed E-state index contributed by atoms with van der Waals surface area (Å²) in [4.78, 5) is 13.8. The molecular formula is C15H21N5O. The Morgan fingerprint density at radius 2 is 2.29 bits per heavy atom. The third kappa shape index (κ3) is 3.28. The number of aromatic nitrogens is 1. The molecule has 0 saturated heterocycles. The fraction of sp³-hybridized carbons (Fsp3) is 0.267. The van der Waals surface area contributed by atoms with Crippen molar-refractivity contribution in [1.29, 1.82) is 0 Å². The molecule has 0 spiro atoms. The lowest BCUT2D eigenvalue weighted by Gasteiger charge is -2.26. The third-order valence-corrected chi connectivity index (χ3v) is 3.34. The number of pyridine rings is 1. The lowest BCUT2D eigenvalue weighted by Crippen LogP contribution is -2.31. The van der Waals surface area contributed by atoms with Crippen LogP contribution in [0, 0.1) is 6.92 Å². The maximum Gasteiger partial charge on any atom is 0.253 e. The molecule has 6 heteroatoms. The van der Waals surface area contributed by atoms with Gasteiger partial charge >= 0.3 is 0 Å².